The Morgan fingerprint density at radius 2 is 1.95 bits per heavy atom. The summed E-state index contributed by atoms with van der Waals surface area (Å²) in [5.41, 5.74) is 7.36. The zero-order valence-electron chi connectivity index (χ0n) is 9.78. The number of halogens is 2. The Morgan fingerprint density at radius 1 is 1.16 bits per heavy atom. The molecule has 0 atom stereocenters. The summed E-state index contributed by atoms with van der Waals surface area (Å²) in [7, 11) is 0. The average molecular weight is 341 g/mol. The van der Waals surface area contributed by atoms with Crippen LogP contribution in [0.5, 0.6) is 0 Å². The van der Waals surface area contributed by atoms with E-state index < -0.39 is 0 Å². The molecule has 0 spiro atoms. The molecule has 0 saturated carbocycles. The van der Waals surface area contributed by atoms with Crippen molar-refractivity contribution in [2.45, 2.75) is 0 Å². The number of hydrogen-bond acceptors (Lipinski definition) is 2. The first kappa shape index (κ1) is 13.7. The fourth-order valence-corrected chi connectivity index (χ4v) is 2.21. The van der Waals surface area contributed by atoms with Crippen LogP contribution in [0, 0.1) is 0 Å². The van der Waals surface area contributed by atoms with Gasteiger partial charge in [0, 0.05) is 15.8 Å². The van der Waals surface area contributed by atoms with Gasteiger partial charge in [0.1, 0.15) is 0 Å². The van der Waals surface area contributed by atoms with Crippen molar-refractivity contribution in [1.82, 2.24) is 0 Å². The second-order valence-electron chi connectivity index (χ2n) is 3.83. The number of benzene rings is 2. The van der Waals surface area contributed by atoms with Gasteiger partial charge in [-0.05, 0) is 36.4 Å². The summed E-state index contributed by atoms with van der Waals surface area (Å²) in [6, 6.07) is 11.8. The quantitative estimate of drug-likeness (QED) is 0.712. The molecule has 0 radical (unpaired) electrons. The molecule has 0 fully saturated rings. The van der Waals surface area contributed by atoms with Gasteiger partial charge < -0.3 is 16.4 Å². The van der Waals surface area contributed by atoms with Crippen LogP contribution >= 0.6 is 27.5 Å². The maximum absolute atomic E-state index is 11.8. The van der Waals surface area contributed by atoms with Crippen molar-refractivity contribution in [3.8, 4) is 0 Å². The van der Waals surface area contributed by atoms with Gasteiger partial charge in [-0.2, -0.15) is 0 Å². The summed E-state index contributed by atoms with van der Waals surface area (Å²) in [5.74, 6) is 0. The molecule has 6 heteroatoms. The highest BCUT2D eigenvalue weighted by molar-refractivity contribution is 9.10. The molecule has 4 N–H and O–H groups in total. The normalized spacial score (nSPS) is 10.0. The zero-order valence-corrected chi connectivity index (χ0v) is 12.1. The van der Waals surface area contributed by atoms with Crippen LogP contribution in [0.1, 0.15) is 0 Å². The molecular weight excluding hydrogens is 330 g/mol. The summed E-state index contributed by atoms with van der Waals surface area (Å²) in [4.78, 5) is 11.8. The maximum Gasteiger partial charge on any atom is 0.323 e. The van der Waals surface area contributed by atoms with Crippen molar-refractivity contribution < 1.29 is 4.79 Å². The van der Waals surface area contributed by atoms with E-state index in [-0.39, 0.29) is 6.03 Å². The highest BCUT2D eigenvalue weighted by Gasteiger charge is 2.06. The van der Waals surface area contributed by atoms with Crippen LogP contribution < -0.4 is 16.4 Å². The van der Waals surface area contributed by atoms with Crippen molar-refractivity contribution in [1.29, 1.82) is 0 Å². The van der Waals surface area contributed by atoms with Crippen molar-refractivity contribution in [2.24, 2.45) is 0 Å². The molecule has 0 bridgehead atoms. The largest absolute Gasteiger partial charge is 0.399 e. The standard InChI is InChI=1S/C13H11BrClN3O/c14-8-4-5-12(11(15)6-8)18-13(19)17-10-3-1-2-9(16)7-10/h1-7H,16H2,(H2,17,18,19). The summed E-state index contributed by atoms with van der Waals surface area (Å²) in [6.07, 6.45) is 0. The lowest BCUT2D eigenvalue weighted by atomic mass is 10.3. The van der Waals surface area contributed by atoms with Gasteiger partial charge in [-0.25, -0.2) is 4.79 Å². The van der Waals surface area contributed by atoms with E-state index in [1.54, 1.807) is 42.5 Å². The van der Waals surface area contributed by atoms with E-state index in [1.807, 2.05) is 0 Å². The van der Waals surface area contributed by atoms with E-state index in [1.165, 1.54) is 0 Å². The van der Waals surface area contributed by atoms with Gasteiger partial charge >= 0.3 is 6.03 Å². The molecule has 2 rings (SSSR count). The van der Waals surface area contributed by atoms with Gasteiger partial charge in [-0.15, -0.1) is 0 Å². The fourth-order valence-electron chi connectivity index (χ4n) is 1.49. The molecule has 0 unspecified atom stereocenters. The topological polar surface area (TPSA) is 67.1 Å². The Balaban J connectivity index is 2.05. The van der Waals surface area contributed by atoms with Crippen molar-refractivity contribution in [2.75, 3.05) is 16.4 Å². The molecule has 2 aromatic rings. The first-order chi connectivity index (χ1) is 9.04. The Hall–Kier alpha value is -1.72. The number of nitrogens with two attached hydrogens (primary N) is 1. The van der Waals surface area contributed by atoms with Crippen molar-refractivity contribution >= 4 is 50.6 Å². The molecule has 0 aliphatic heterocycles. The maximum atomic E-state index is 11.8. The third kappa shape index (κ3) is 3.87. The zero-order chi connectivity index (χ0) is 13.8. The number of amides is 2. The third-order valence-electron chi connectivity index (χ3n) is 2.32. The lowest BCUT2D eigenvalue weighted by Gasteiger charge is -2.09. The van der Waals surface area contributed by atoms with Crippen LogP contribution in [0.4, 0.5) is 21.9 Å². The average Bonchev–Trinajstić information content (AvgIpc) is 2.33. The Kier molecular flexibility index (Phi) is 4.29. The lowest BCUT2D eigenvalue weighted by molar-refractivity contribution is 0.262. The van der Waals surface area contributed by atoms with Crippen LogP contribution in [0.2, 0.25) is 5.02 Å². The second-order valence-corrected chi connectivity index (χ2v) is 5.15. The minimum atomic E-state index is -0.380. The van der Waals surface area contributed by atoms with E-state index >= 15 is 0 Å². The van der Waals surface area contributed by atoms with Crippen LogP contribution in [-0.4, -0.2) is 6.03 Å². The minimum absolute atomic E-state index is 0.380. The van der Waals surface area contributed by atoms with E-state index in [2.05, 4.69) is 26.6 Å². The van der Waals surface area contributed by atoms with Gasteiger partial charge in [0.2, 0.25) is 0 Å². The molecule has 2 amide bonds. The number of carbonyl (C=O) groups is 1. The molecule has 0 aliphatic carbocycles. The molecule has 0 heterocycles. The van der Waals surface area contributed by atoms with Crippen LogP contribution in [0.15, 0.2) is 46.9 Å². The number of urea groups is 1. The lowest BCUT2D eigenvalue weighted by Crippen LogP contribution is -2.19. The summed E-state index contributed by atoms with van der Waals surface area (Å²) in [5, 5.41) is 5.79. The summed E-state index contributed by atoms with van der Waals surface area (Å²) >= 11 is 9.31. The molecule has 4 nitrogen and oxygen atoms in total. The number of nitrogen functional groups attached to an aromatic ring is 1. The number of rotatable bonds is 2. The van der Waals surface area contributed by atoms with Crippen LogP contribution in [-0.2, 0) is 0 Å². The molecule has 2 aromatic carbocycles. The molecular formula is C13H11BrClN3O. The number of carbonyl (C=O) groups excluding carboxylic acids is 1. The van der Waals surface area contributed by atoms with Gasteiger partial charge in [0.15, 0.2) is 0 Å². The molecule has 19 heavy (non-hydrogen) atoms. The first-order valence-corrected chi connectivity index (χ1v) is 6.60. The van der Waals surface area contributed by atoms with E-state index in [0.29, 0.717) is 22.1 Å². The number of anilines is 3. The predicted molar refractivity (Wildman–Crippen MR) is 82.6 cm³/mol. The Bertz CT molecular complexity index is 619. The Labute approximate surface area is 124 Å². The van der Waals surface area contributed by atoms with E-state index in [4.69, 9.17) is 17.3 Å². The number of nitrogens with one attached hydrogen (secondary N) is 2. The molecule has 0 aromatic heterocycles. The SMILES string of the molecule is Nc1cccc(NC(=O)Nc2ccc(Br)cc2Cl)c1. The smallest absolute Gasteiger partial charge is 0.323 e. The molecule has 0 aliphatic rings. The highest BCUT2D eigenvalue weighted by atomic mass is 79.9. The van der Waals surface area contributed by atoms with Crippen molar-refractivity contribution in [3.63, 3.8) is 0 Å². The number of hydrogen-bond donors (Lipinski definition) is 3. The van der Waals surface area contributed by atoms with Crippen molar-refractivity contribution in [3.05, 3.63) is 52.0 Å². The van der Waals surface area contributed by atoms with Gasteiger partial charge in [-0.1, -0.05) is 33.6 Å². The first-order valence-electron chi connectivity index (χ1n) is 5.43. The van der Waals surface area contributed by atoms with E-state index in [9.17, 15) is 4.79 Å². The third-order valence-corrected chi connectivity index (χ3v) is 3.13. The predicted octanol–water partition coefficient (Wildman–Crippen LogP) is 4.33. The molecule has 98 valence electrons. The minimum Gasteiger partial charge on any atom is -0.399 e. The van der Waals surface area contributed by atoms with Gasteiger partial charge in [0.25, 0.3) is 0 Å². The summed E-state index contributed by atoms with van der Waals surface area (Å²) in [6.45, 7) is 0. The van der Waals surface area contributed by atoms with Crippen LogP contribution in [0.25, 0.3) is 0 Å². The van der Waals surface area contributed by atoms with E-state index in [0.717, 1.165) is 4.47 Å². The monoisotopic (exact) mass is 339 g/mol. The van der Waals surface area contributed by atoms with Crippen LogP contribution in [0.3, 0.4) is 0 Å². The highest BCUT2D eigenvalue weighted by Crippen LogP contribution is 2.25. The summed E-state index contributed by atoms with van der Waals surface area (Å²) < 4.78 is 0.847. The Morgan fingerprint density at radius 3 is 2.63 bits per heavy atom. The van der Waals surface area contributed by atoms with Gasteiger partial charge in [0.05, 0.1) is 10.7 Å². The second kappa shape index (κ2) is 5.95. The molecule has 0 saturated heterocycles. The van der Waals surface area contributed by atoms with Gasteiger partial charge in [-0.3, -0.25) is 0 Å². The fraction of sp³-hybridized carbons (Fsp3) is 0.